The molecule has 1 N–H and O–H groups in total. The maximum Gasteiger partial charge on any atom is 0.274 e. The van der Waals surface area contributed by atoms with E-state index in [9.17, 15) is 9.59 Å². The first-order valence-corrected chi connectivity index (χ1v) is 9.42. The van der Waals surface area contributed by atoms with Crippen molar-refractivity contribution in [1.29, 1.82) is 0 Å². The van der Waals surface area contributed by atoms with Gasteiger partial charge < -0.3 is 10.2 Å². The molecule has 2 heterocycles. The molecule has 0 aliphatic carbocycles. The lowest BCUT2D eigenvalue weighted by atomic mass is 10.2. The Morgan fingerprint density at radius 3 is 2.67 bits per heavy atom. The van der Waals surface area contributed by atoms with Crippen molar-refractivity contribution >= 4 is 11.8 Å². The van der Waals surface area contributed by atoms with Crippen LogP contribution in [0, 0.1) is 0 Å². The highest BCUT2D eigenvalue weighted by Crippen LogP contribution is 2.05. The van der Waals surface area contributed by atoms with Crippen molar-refractivity contribution < 1.29 is 9.59 Å². The van der Waals surface area contributed by atoms with Crippen LogP contribution in [-0.2, 0) is 11.2 Å². The molecule has 0 aliphatic rings. The molecule has 144 valence electrons. The van der Waals surface area contributed by atoms with E-state index in [2.05, 4.69) is 27.2 Å². The fourth-order valence-electron chi connectivity index (χ4n) is 2.64. The van der Waals surface area contributed by atoms with Crippen LogP contribution in [0.4, 0.5) is 0 Å². The summed E-state index contributed by atoms with van der Waals surface area (Å²) in [6, 6.07) is 5.72. The molecule has 27 heavy (non-hydrogen) atoms. The molecule has 0 unspecified atom stereocenters. The first-order chi connectivity index (χ1) is 13.2. The van der Waals surface area contributed by atoms with Crippen molar-refractivity contribution in [3.05, 3.63) is 54.4 Å². The molecule has 0 aliphatic heterocycles. The molecule has 0 aromatic carbocycles. The SMILES string of the molecule is CCCCCN(CCC(=O)NCCc1ccccn1)C(=O)c1cnccn1. The van der Waals surface area contributed by atoms with Crippen LogP contribution in [0.2, 0.25) is 0 Å². The second-order valence-electron chi connectivity index (χ2n) is 6.26. The van der Waals surface area contributed by atoms with E-state index in [0.29, 0.717) is 31.7 Å². The smallest absolute Gasteiger partial charge is 0.274 e. The van der Waals surface area contributed by atoms with Crippen LogP contribution >= 0.6 is 0 Å². The number of aromatic nitrogens is 3. The van der Waals surface area contributed by atoms with Gasteiger partial charge in [0.1, 0.15) is 5.69 Å². The molecule has 0 spiro atoms. The van der Waals surface area contributed by atoms with Crippen molar-refractivity contribution in [3.63, 3.8) is 0 Å². The fourth-order valence-corrected chi connectivity index (χ4v) is 2.64. The van der Waals surface area contributed by atoms with Crippen LogP contribution < -0.4 is 5.32 Å². The van der Waals surface area contributed by atoms with Gasteiger partial charge >= 0.3 is 0 Å². The molecule has 7 nitrogen and oxygen atoms in total. The number of carbonyl (C=O) groups excluding carboxylic acids is 2. The third kappa shape index (κ3) is 7.52. The first-order valence-electron chi connectivity index (χ1n) is 9.42. The van der Waals surface area contributed by atoms with Crippen molar-refractivity contribution in [2.45, 2.75) is 39.0 Å². The molecular formula is C20H27N5O2. The Bertz CT molecular complexity index is 694. The largest absolute Gasteiger partial charge is 0.356 e. The topological polar surface area (TPSA) is 88.1 Å². The zero-order valence-corrected chi connectivity index (χ0v) is 15.8. The lowest BCUT2D eigenvalue weighted by Gasteiger charge is -2.22. The van der Waals surface area contributed by atoms with Gasteiger partial charge in [-0.25, -0.2) is 4.98 Å². The highest BCUT2D eigenvalue weighted by Gasteiger charge is 2.17. The van der Waals surface area contributed by atoms with E-state index in [1.54, 1.807) is 11.1 Å². The highest BCUT2D eigenvalue weighted by molar-refractivity contribution is 5.92. The zero-order valence-electron chi connectivity index (χ0n) is 15.8. The number of hydrogen-bond acceptors (Lipinski definition) is 5. The van der Waals surface area contributed by atoms with Crippen LogP contribution in [0.1, 0.15) is 48.8 Å². The van der Waals surface area contributed by atoms with Gasteiger partial charge in [0.15, 0.2) is 0 Å². The summed E-state index contributed by atoms with van der Waals surface area (Å²) in [6.07, 6.45) is 10.2. The predicted molar refractivity (Wildman–Crippen MR) is 103 cm³/mol. The molecular weight excluding hydrogens is 342 g/mol. The van der Waals surface area contributed by atoms with Crippen LogP contribution in [0.5, 0.6) is 0 Å². The monoisotopic (exact) mass is 369 g/mol. The van der Waals surface area contributed by atoms with Crippen LogP contribution in [-0.4, -0.2) is 51.3 Å². The van der Waals surface area contributed by atoms with E-state index < -0.39 is 0 Å². The van der Waals surface area contributed by atoms with E-state index in [4.69, 9.17) is 0 Å². The number of unbranched alkanes of at least 4 members (excludes halogenated alkanes) is 2. The standard InChI is InChI=1S/C20H27N5O2/c1-2-3-6-14-25(20(27)18-16-21-12-13-23-18)15-9-19(26)24-11-8-17-7-4-5-10-22-17/h4-5,7,10,12-13,16H,2-3,6,8-9,11,14-15H2,1H3,(H,24,26). The predicted octanol–water partition coefficient (Wildman–Crippen LogP) is 2.25. The molecule has 2 aromatic heterocycles. The first kappa shape index (κ1) is 20.5. The minimum atomic E-state index is -0.180. The Hall–Kier alpha value is -2.83. The average Bonchev–Trinajstić information content (AvgIpc) is 2.71. The molecule has 2 rings (SSSR count). The van der Waals surface area contributed by atoms with E-state index in [1.807, 2.05) is 18.2 Å². The van der Waals surface area contributed by atoms with Gasteiger partial charge in [-0.3, -0.25) is 19.6 Å². The van der Waals surface area contributed by atoms with Crippen molar-refractivity contribution in [2.24, 2.45) is 0 Å². The molecule has 0 bridgehead atoms. The van der Waals surface area contributed by atoms with Gasteiger partial charge in [-0.2, -0.15) is 0 Å². The van der Waals surface area contributed by atoms with Crippen LogP contribution in [0.15, 0.2) is 43.0 Å². The van der Waals surface area contributed by atoms with Gasteiger partial charge in [0.25, 0.3) is 5.91 Å². The van der Waals surface area contributed by atoms with Gasteiger partial charge in [0, 0.05) is 56.8 Å². The third-order valence-electron chi connectivity index (χ3n) is 4.14. The molecule has 0 fully saturated rings. The van der Waals surface area contributed by atoms with E-state index in [-0.39, 0.29) is 18.2 Å². The number of rotatable bonds is 11. The number of nitrogens with zero attached hydrogens (tertiary/aromatic N) is 4. The van der Waals surface area contributed by atoms with Crippen molar-refractivity contribution in [2.75, 3.05) is 19.6 Å². The summed E-state index contributed by atoms with van der Waals surface area (Å²) < 4.78 is 0. The second kappa shape index (κ2) is 11.7. The lowest BCUT2D eigenvalue weighted by molar-refractivity contribution is -0.121. The van der Waals surface area contributed by atoms with E-state index in [0.717, 1.165) is 25.0 Å². The quantitative estimate of drug-likeness (QED) is 0.614. The zero-order chi connectivity index (χ0) is 19.3. The minimum absolute atomic E-state index is 0.0710. The Kier molecular flexibility index (Phi) is 8.89. The maximum atomic E-state index is 12.6. The number of carbonyl (C=O) groups is 2. The number of amides is 2. The van der Waals surface area contributed by atoms with Crippen molar-refractivity contribution in [1.82, 2.24) is 25.2 Å². The molecule has 2 aromatic rings. The van der Waals surface area contributed by atoms with Gasteiger partial charge in [-0.15, -0.1) is 0 Å². The van der Waals surface area contributed by atoms with E-state index >= 15 is 0 Å². The molecule has 0 saturated carbocycles. The fraction of sp³-hybridized carbons (Fsp3) is 0.450. The summed E-state index contributed by atoms with van der Waals surface area (Å²) in [5.74, 6) is -0.251. The maximum absolute atomic E-state index is 12.6. The van der Waals surface area contributed by atoms with Crippen LogP contribution in [0.3, 0.4) is 0 Å². The molecule has 0 saturated heterocycles. The number of nitrogens with one attached hydrogen (secondary N) is 1. The lowest BCUT2D eigenvalue weighted by Crippen LogP contribution is -2.36. The molecule has 0 atom stereocenters. The Morgan fingerprint density at radius 2 is 1.96 bits per heavy atom. The summed E-state index contributed by atoms with van der Waals surface area (Å²) in [5.41, 5.74) is 1.25. The second-order valence-corrected chi connectivity index (χ2v) is 6.26. The number of pyridine rings is 1. The summed E-state index contributed by atoms with van der Waals surface area (Å²) in [6.45, 7) is 3.63. The number of hydrogen-bond donors (Lipinski definition) is 1. The van der Waals surface area contributed by atoms with E-state index in [1.165, 1.54) is 18.6 Å². The highest BCUT2D eigenvalue weighted by atomic mass is 16.2. The Balaban J connectivity index is 1.81. The van der Waals surface area contributed by atoms with Gasteiger partial charge in [0.2, 0.25) is 5.91 Å². The minimum Gasteiger partial charge on any atom is -0.356 e. The van der Waals surface area contributed by atoms with Gasteiger partial charge in [0.05, 0.1) is 6.20 Å². The Morgan fingerprint density at radius 1 is 1.07 bits per heavy atom. The van der Waals surface area contributed by atoms with Crippen LogP contribution in [0.25, 0.3) is 0 Å². The molecule has 0 radical (unpaired) electrons. The van der Waals surface area contributed by atoms with Gasteiger partial charge in [-0.05, 0) is 18.6 Å². The average molecular weight is 369 g/mol. The summed E-state index contributed by atoms with van der Waals surface area (Å²) >= 11 is 0. The third-order valence-corrected chi connectivity index (χ3v) is 4.14. The summed E-state index contributed by atoms with van der Waals surface area (Å²) in [5, 5.41) is 2.89. The normalized spacial score (nSPS) is 10.4. The summed E-state index contributed by atoms with van der Waals surface area (Å²) in [7, 11) is 0. The molecule has 2 amide bonds. The Labute approximate surface area is 160 Å². The van der Waals surface area contributed by atoms with Crippen molar-refractivity contribution in [3.8, 4) is 0 Å². The summed E-state index contributed by atoms with van der Waals surface area (Å²) in [4.78, 5) is 38.7. The molecule has 7 heteroatoms. The van der Waals surface area contributed by atoms with Gasteiger partial charge in [-0.1, -0.05) is 25.8 Å².